The second-order valence-corrected chi connectivity index (χ2v) is 5.10. The van der Waals surface area contributed by atoms with E-state index >= 15 is 0 Å². The number of benzene rings is 3. The Labute approximate surface area is 138 Å². The van der Waals surface area contributed by atoms with Crippen LogP contribution in [0.1, 0.15) is 0 Å². The second-order valence-electron chi connectivity index (χ2n) is 5.10. The maximum atomic E-state index is 12.3. The summed E-state index contributed by atoms with van der Waals surface area (Å²) < 4.78 is 0. The number of primary amides is 1. The standard InChI is InChI=1S/C18H16N4O2/c19-17(23)22(14-9-2-1-3-10-14)21-18(24)20-16-12-6-8-13-7-4-5-11-15(13)16/h1-12H,(H2,19,23)(H2,20,21,24). The van der Waals surface area contributed by atoms with E-state index in [4.69, 9.17) is 5.73 Å². The number of amides is 4. The predicted molar refractivity (Wildman–Crippen MR) is 94.6 cm³/mol. The highest BCUT2D eigenvalue weighted by molar-refractivity contribution is 6.03. The topological polar surface area (TPSA) is 87.5 Å². The lowest BCUT2D eigenvalue weighted by Gasteiger charge is -2.21. The summed E-state index contributed by atoms with van der Waals surface area (Å²) in [6.07, 6.45) is 0. The smallest absolute Gasteiger partial charge is 0.338 e. The van der Waals surface area contributed by atoms with Crippen molar-refractivity contribution in [3.63, 3.8) is 0 Å². The number of nitrogens with zero attached hydrogens (tertiary/aromatic N) is 1. The average molecular weight is 320 g/mol. The molecule has 6 heteroatoms. The van der Waals surface area contributed by atoms with Crippen molar-refractivity contribution in [1.29, 1.82) is 0 Å². The van der Waals surface area contributed by atoms with Crippen molar-refractivity contribution in [3.8, 4) is 0 Å². The van der Waals surface area contributed by atoms with Gasteiger partial charge in [0.25, 0.3) is 0 Å². The van der Waals surface area contributed by atoms with Crippen LogP contribution in [0.25, 0.3) is 10.8 Å². The molecule has 0 aliphatic rings. The number of nitrogens with two attached hydrogens (primary N) is 1. The monoisotopic (exact) mass is 320 g/mol. The molecule has 0 aromatic heterocycles. The van der Waals surface area contributed by atoms with Gasteiger partial charge in [0, 0.05) is 5.39 Å². The summed E-state index contributed by atoms with van der Waals surface area (Å²) in [5.41, 5.74) is 8.91. The molecule has 0 saturated heterocycles. The van der Waals surface area contributed by atoms with Gasteiger partial charge in [-0.1, -0.05) is 54.6 Å². The van der Waals surface area contributed by atoms with Gasteiger partial charge in [-0.3, -0.25) is 0 Å². The Balaban J connectivity index is 1.80. The normalized spacial score (nSPS) is 10.2. The van der Waals surface area contributed by atoms with Crippen LogP contribution in [-0.4, -0.2) is 12.1 Å². The van der Waals surface area contributed by atoms with Crippen LogP contribution in [0.4, 0.5) is 21.0 Å². The molecule has 0 saturated carbocycles. The molecule has 0 spiro atoms. The quantitative estimate of drug-likeness (QED) is 0.631. The zero-order chi connectivity index (χ0) is 16.9. The van der Waals surface area contributed by atoms with Gasteiger partial charge in [-0.05, 0) is 23.6 Å². The summed E-state index contributed by atoms with van der Waals surface area (Å²) >= 11 is 0. The summed E-state index contributed by atoms with van der Waals surface area (Å²) in [6, 6.07) is 20.6. The number of rotatable bonds is 2. The van der Waals surface area contributed by atoms with E-state index in [2.05, 4.69) is 10.7 Å². The van der Waals surface area contributed by atoms with Gasteiger partial charge in [0.1, 0.15) is 0 Å². The van der Waals surface area contributed by atoms with E-state index in [1.807, 2.05) is 36.4 Å². The lowest BCUT2D eigenvalue weighted by molar-refractivity contribution is 0.242. The Morgan fingerprint density at radius 1 is 0.833 bits per heavy atom. The van der Waals surface area contributed by atoms with Crippen molar-refractivity contribution in [2.24, 2.45) is 5.73 Å². The molecule has 0 unspecified atom stereocenters. The Morgan fingerprint density at radius 3 is 2.25 bits per heavy atom. The third-order valence-corrected chi connectivity index (χ3v) is 3.49. The van der Waals surface area contributed by atoms with Gasteiger partial charge in [0.2, 0.25) is 0 Å². The molecule has 0 heterocycles. The summed E-state index contributed by atoms with van der Waals surface area (Å²) in [5, 5.41) is 5.64. The number of urea groups is 2. The number of fused-ring (bicyclic) bond motifs is 1. The molecule has 6 nitrogen and oxygen atoms in total. The number of para-hydroxylation sites is 1. The highest BCUT2D eigenvalue weighted by Crippen LogP contribution is 2.22. The summed E-state index contributed by atoms with van der Waals surface area (Å²) in [7, 11) is 0. The van der Waals surface area contributed by atoms with Gasteiger partial charge >= 0.3 is 12.1 Å². The molecule has 0 fully saturated rings. The van der Waals surface area contributed by atoms with E-state index < -0.39 is 12.1 Å². The fourth-order valence-electron chi connectivity index (χ4n) is 2.41. The van der Waals surface area contributed by atoms with Crippen molar-refractivity contribution in [1.82, 2.24) is 5.43 Å². The van der Waals surface area contributed by atoms with Crippen molar-refractivity contribution in [2.75, 3.05) is 10.3 Å². The molecule has 120 valence electrons. The largest absolute Gasteiger partial charge is 0.350 e. The van der Waals surface area contributed by atoms with Crippen LogP contribution < -0.4 is 21.5 Å². The zero-order valence-corrected chi connectivity index (χ0v) is 12.8. The number of carbonyl (C=O) groups excluding carboxylic acids is 2. The minimum atomic E-state index is -0.783. The van der Waals surface area contributed by atoms with Gasteiger partial charge in [-0.2, -0.15) is 0 Å². The maximum absolute atomic E-state index is 12.3. The average Bonchev–Trinajstić information content (AvgIpc) is 2.60. The molecule has 3 aromatic rings. The van der Waals surface area contributed by atoms with Crippen LogP contribution >= 0.6 is 0 Å². The van der Waals surface area contributed by atoms with Crippen molar-refractivity contribution in [3.05, 3.63) is 72.8 Å². The molecule has 3 aromatic carbocycles. The van der Waals surface area contributed by atoms with Gasteiger partial charge in [0.05, 0.1) is 11.4 Å². The number of hydrogen-bond donors (Lipinski definition) is 3. The first-order valence-corrected chi connectivity index (χ1v) is 7.35. The lowest BCUT2D eigenvalue weighted by Crippen LogP contribution is -2.50. The van der Waals surface area contributed by atoms with Crippen molar-refractivity contribution < 1.29 is 9.59 Å². The predicted octanol–water partition coefficient (Wildman–Crippen LogP) is 3.46. The van der Waals surface area contributed by atoms with Crippen LogP contribution in [0, 0.1) is 0 Å². The molecule has 0 aliphatic carbocycles. The first kappa shape index (κ1) is 15.4. The molecular formula is C18H16N4O2. The van der Waals surface area contributed by atoms with Crippen LogP contribution in [0.2, 0.25) is 0 Å². The molecule has 4 amide bonds. The first-order valence-electron chi connectivity index (χ1n) is 7.35. The third kappa shape index (κ3) is 3.27. The third-order valence-electron chi connectivity index (χ3n) is 3.49. The SMILES string of the molecule is NC(=O)N(NC(=O)Nc1cccc2ccccc12)c1ccccc1. The lowest BCUT2D eigenvalue weighted by atomic mass is 10.1. The van der Waals surface area contributed by atoms with Gasteiger partial charge in [0.15, 0.2) is 0 Å². The Kier molecular flexibility index (Phi) is 4.29. The fourth-order valence-corrected chi connectivity index (χ4v) is 2.41. The molecule has 0 radical (unpaired) electrons. The van der Waals surface area contributed by atoms with E-state index in [-0.39, 0.29) is 0 Å². The Bertz CT molecular complexity index is 875. The number of carbonyl (C=O) groups is 2. The highest BCUT2D eigenvalue weighted by Gasteiger charge is 2.15. The van der Waals surface area contributed by atoms with E-state index in [1.54, 1.807) is 36.4 Å². The minimum Gasteiger partial charge on any atom is -0.350 e. The molecule has 24 heavy (non-hydrogen) atoms. The highest BCUT2D eigenvalue weighted by atomic mass is 16.2. The molecule has 3 rings (SSSR count). The molecule has 0 aliphatic heterocycles. The van der Waals surface area contributed by atoms with Crippen molar-refractivity contribution >= 4 is 34.2 Å². The number of nitrogens with one attached hydrogen (secondary N) is 2. The molecule has 0 atom stereocenters. The number of hydrazine groups is 1. The molecule has 4 N–H and O–H groups in total. The van der Waals surface area contributed by atoms with Gasteiger partial charge in [-0.15, -0.1) is 0 Å². The van der Waals surface area contributed by atoms with E-state index in [1.165, 1.54) is 0 Å². The number of anilines is 2. The van der Waals surface area contributed by atoms with Crippen LogP contribution in [0.15, 0.2) is 72.8 Å². The van der Waals surface area contributed by atoms with E-state index in [0.717, 1.165) is 15.8 Å². The van der Waals surface area contributed by atoms with E-state index in [9.17, 15) is 9.59 Å². The number of hydrogen-bond acceptors (Lipinski definition) is 2. The minimum absolute atomic E-state index is 0.470. The van der Waals surface area contributed by atoms with Crippen LogP contribution in [0.3, 0.4) is 0 Å². The van der Waals surface area contributed by atoms with Crippen LogP contribution in [-0.2, 0) is 0 Å². The van der Waals surface area contributed by atoms with Crippen molar-refractivity contribution in [2.45, 2.75) is 0 Å². The molecular weight excluding hydrogens is 304 g/mol. The first-order chi connectivity index (χ1) is 11.6. The Morgan fingerprint density at radius 2 is 1.50 bits per heavy atom. The Hall–Kier alpha value is -3.54. The summed E-state index contributed by atoms with van der Waals surface area (Å²) in [4.78, 5) is 23.9. The van der Waals surface area contributed by atoms with Gasteiger partial charge in [-0.25, -0.2) is 20.0 Å². The summed E-state index contributed by atoms with van der Waals surface area (Å²) in [5.74, 6) is 0. The summed E-state index contributed by atoms with van der Waals surface area (Å²) in [6.45, 7) is 0. The zero-order valence-electron chi connectivity index (χ0n) is 12.8. The van der Waals surface area contributed by atoms with E-state index in [0.29, 0.717) is 11.4 Å². The fraction of sp³-hybridized carbons (Fsp3) is 0. The molecule has 0 bridgehead atoms. The van der Waals surface area contributed by atoms with Gasteiger partial charge < -0.3 is 11.1 Å². The maximum Gasteiger partial charge on any atom is 0.338 e. The van der Waals surface area contributed by atoms with Crippen LogP contribution in [0.5, 0.6) is 0 Å². The second kappa shape index (κ2) is 6.70.